The second-order valence-corrected chi connectivity index (χ2v) is 6.65. The molecule has 136 valence electrons. The summed E-state index contributed by atoms with van der Waals surface area (Å²) >= 11 is 0. The third kappa shape index (κ3) is 7.71. The second-order valence-electron chi connectivity index (χ2n) is 6.65. The molecule has 0 aromatic rings. The van der Waals surface area contributed by atoms with Crippen LogP contribution < -0.4 is 0 Å². The fourth-order valence-electron chi connectivity index (χ4n) is 2.62. The molecule has 0 heterocycles. The first-order chi connectivity index (χ1) is 11.2. The Morgan fingerprint density at radius 1 is 0.958 bits per heavy atom. The van der Waals surface area contributed by atoms with Gasteiger partial charge in [0.05, 0.1) is 6.61 Å². The largest absolute Gasteiger partial charge is 0.465 e. The van der Waals surface area contributed by atoms with E-state index in [0.29, 0.717) is 6.42 Å². The van der Waals surface area contributed by atoms with Crippen molar-refractivity contribution < 1.29 is 19.1 Å². The number of hydrogen-bond acceptors (Lipinski definition) is 4. The Hall–Kier alpha value is -1.71. The quantitative estimate of drug-likeness (QED) is 0.240. The van der Waals surface area contributed by atoms with Crippen molar-refractivity contribution in [1.82, 2.24) is 0 Å². The van der Waals surface area contributed by atoms with Gasteiger partial charge in [0, 0.05) is 6.42 Å². The Labute approximate surface area is 146 Å². The lowest BCUT2D eigenvalue weighted by atomic mass is 9.74. The number of unbranched alkanes of at least 4 members (excludes halogenated alkanes) is 1. The van der Waals surface area contributed by atoms with E-state index in [4.69, 9.17) is 4.74 Å². The van der Waals surface area contributed by atoms with Crippen LogP contribution in [0.2, 0.25) is 0 Å². The van der Waals surface area contributed by atoms with Gasteiger partial charge in [-0.25, -0.2) is 0 Å². The van der Waals surface area contributed by atoms with E-state index in [-0.39, 0.29) is 31.0 Å². The number of carbonyl (C=O) groups is 3. The summed E-state index contributed by atoms with van der Waals surface area (Å²) in [5.41, 5.74) is 0.995. The molecule has 0 saturated heterocycles. The molecule has 0 aliphatic heterocycles. The van der Waals surface area contributed by atoms with E-state index in [0.717, 1.165) is 18.4 Å². The van der Waals surface area contributed by atoms with Crippen LogP contribution >= 0.6 is 0 Å². The summed E-state index contributed by atoms with van der Waals surface area (Å²) in [6.45, 7) is 10.9. The molecule has 0 bridgehead atoms. The number of hydrogen-bond donors (Lipinski definition) is 0. The maximum Gasteiger partial charge on any atom is 0.319 e. The fraction of sp³-hybridized carbons (Fsp3) is 0.650. The molecule has 0 aromatic heterocycles. The lowest BCUT2D eigenvalue weighted by Crippen LogP contribution is -2.40. The van der Waals surface area contributed by atoms with Crippen molar-refractivity contribution in [3.63, 3.8) is 0 Å². The van der Waals surface area contributed by atoms with Crippen molar-refractivity contribution in [3.05, 3.63) is 23.3 Å². The zero-order valence-electron chi connectivity index (χ0n) is 16.0. The third-order valence-electron chi connectivity index (χ3n) is 4.04. The van der Waals surface area contributed by atoms with Crippen molar-refractivity contribution in [2.45, 2.75) is 73.6 Å². The molecular formula is C20H32O4. The van der Waals surface area contributed by atoms with E-state index >= 15 is 0 Å². The minimum Gasteiger partial charge on any atom is -0.465 e. The minimum atomic E-state index is -1.25. The summed E-state index contributed by atoms with van der Waals surface area (Å²) < 4.78 is 5.15. The zero-order chi connectivity index (χ0) is 18.8. The maximum atomic E-state index is 12.5. The minimum absolute atomic E-state index is 0.0323. The Kier molecular flexibility index (Phi) is 10.2. The Bertz CT molecular complexity index is 510. The van der Waals surface area contributed by atoms with Gasteiger partial charge in [0.15, 0.2) is 0 Å². The molecule has 0 amide bonds. The molecular weight excluding hydrogens is 304 g/mol. The highest BCUT2D eigenvalue weighted by molar-refractivity contribution is 6.03. The first kappa shape index (κ1) is 22.3. The molecule has 1 atom stereocenters. The van der Waals surface area contributed by atoms with Gasteiger partial charge in [-0.05, 0) is 67.2 Å². The van der Waals surface area contributed by atoms with Crippen molar-refractivity contribution >= 4 is 17.5 Å². The number of carbonyl (C=O) groups excluding carboxylic acids is 3. The number of ketones is 2. The van der Waals surface area contributed by atoms with E-state index in [9.17, 15) is 14.4 Å². The van der Waals surface area contributed by atoms with Crippen LogP contribution in [0.15, 0.2) is 23.3 Å². The van der Waals surface area contributed by atoms with Crippen LogP contribution in [0.3, 0.4) is 0 Å². The predicted molar refractivity (Wildman–Crippen MR) is 96.7 cm³/mol. The number of rotatable bonds is 11. The Morgan fingerprint density at radius 2 is 1.54 bits per heavy atom. The van der Waals surface area contributed by atoms with E-state index in [1.807, 2.05) is 6.92 Å². The molecule has 0 saturated carbocycles. The normalized spacial score (nSPS) is 13.8. The highest BCUT2D eigenvalue weighted by atomic mass is 16.5. The Morgan fingerprint density at radius 3 is 2.00 bits per heavy atom. The van der Waals surface area contributed by atoms with Crippen LogP contribution in [0, 0.1) is 5.41 Å². The summed E-state index contributed by atoms with van der Waals surface area (Å²) in [5, 5.41) is 0. The first-order valence-electron chi connectivity index (χ1n) is 8.62. The molecule has 0 fully saturated rings. The monoisotopic (exact) mass is 336 g/mol. The lowest BCUT2D eigenvalue weighted by molar-refractivity contribution is -0.160. The summed E-state index contributed by atoms with van der Waals surface area (Å²) in [4.78, 5) is 36.2. The van der Waals surface area contributed by atoms with Crippen LogP contribution in [0.5, 0.6) is 0 Å². The van der Waals surface area contributed by atoms with Crippen LogP contribution in [-0.2, 0) is 19.1 Å². The maximum absolute atomic E-state index is 12.5. The number of esters is 1. The molecule has 0 radical (unpaired) electrons. The van der Waals surface area contributed by atoms with Gasteiger partial charge in [-0.15, -0.1) is 0 Å². The second kappa shape index (κ2) is 11.0. The van der Waals surface area contributed by atoms with E-state index in [1.54, 1.807) is 6.92 Å². The highest BCUT2D eigenvalue weighted by Gasteiger charge is 2.44. The van der Waals surface area contributed by atoms with Crippen molar-refractivity contribution in [1.29, 1.82) is 0 Å². The van der Waals surface area contributed by atoms with E-state index in [1.165, 1.54) is 19.4 Å². The molecule has 0 aliphatic rings. The van der Waals surface area contributed by atoms with Gasteiger partial charge in [-0.3, -0.25) is 9.59 Å². The molecule has 0 aliphatic carbocycles. The van der Waals surface area contributed by atoms with Crippen LogP contribution in [0.4, 0.5) is 0 Å². The smallest absolute Gasteiger partial charge is 0.319 e. The molecule has 4 nitrogen and oxygen atoms in total. The number of allylic oxidation sites excluding steroid dienone is 4. The molecule has 4 heteroatoms. The number of ether oxygens (including phenoxy) is 1. The summed E-state index contributed by atoms with van der Waals surface area (Å²) in [6.07, 6.45) is 6.72. The number of Topliss-reactive ketones (excluding diaryl/α,β-unsaturated/α-hetero) is 2. The highest BCUT2D eigenvalue weighted by Crippen LogP contribution is 2.35. The summed E-state index contributed by atoms with van der Waals surface area (Å²) in [6, 6.07) is 0. The predicted octanol–water partition coefficient (Wildman–Crippen LogP) is 4.58. The van der Waals surface area contributed by atoms with Gasteiger partial charge in [0.2, 0.25) is 0 Å². The summed E-state index contributed by atoms with van der Waals surface area (Å²) in [5.74, 6) is -0.787. The van der Waals surface area contributed by atoms with Crippen LogP contribution in [0.25, 0.3) is 0 Å². The molecule has 1 unspecified atom stereocenters. The van der Waals surface area contributed by atoms with E-state index < -0.39 is 11.4 Å². The molecule has 24 heavy (non-hydrogen) atoms. The first-order valence-corrected chi connectivity index (χ1v) is 8.62. The van der Waals surface area contributed by atoms with Gasteiger partial charge in [0.25, 0.3) is 0 Å². The van der Waals surface area contributed by atoms with Crippen molar-refractivity contribution in [2.24, 2.45) is 5.41 Å². The average Bonchev–Trinajstić information content (AvgIpc) is 2.47. The Balaban J connectivity index is 5.31. The third-order valence-corrected chi connectivity index (χ3v) is 4.04. The molecule has 0 spiro atoms. The van der Waals surface area contributed by atoms with Gasteiger partial charge >= 0.3 is 5.97 Å². The zero-order valence-corrected chi connectivity index (χ0v) is 16.0. The van der Waals surface area contributed by atoms with Crippen LogP contribution in [-0.4, -0.2) is 24.1 Å². The topological polar surface area (TPSA) is 60.4 Å². The SMILES string of the molecule is CCOC(=O)C(CCC(C)=O)(C/C(C)=C/CCC=C(C)C)C(C)=O. The van der Waals surface area contributed by atoms with Gasteiger partial charge < -0.3 is 9.53 Å². The fourth-order valence-corrected chi connectivity index (χ4v) is 2.62. The molecule has 0 N–H and O–H groups in total. The van der Waals surface area contributed by atoms with Crippen molar-refractivity contribution in [2.75, 3.05) is 6.61 Å². The van der Waals surface area contributed by atoms with Gasteiger partial charge in [-0.2, -0.15) is 0 Å². The van der Waals surface area contributed by atoms with Crippen molar-refractivity contribution in [3.8, 4) is 0 Å². The molecule has 0 aromatic carbocycles. The standard InChI is InChI=1S/C20H32O4/c1-7-24-19(23)20(18(6)22,13-12-17(5)21)14-16(4)11-9-8-10-15(2)3/h10-11H,7-9,12-14H2,1-6H3/b16-11+. The van der Waals surface area contributed by atoms with Gasteiger partial charge in [0.1, 0.15) is 17.0 Å². The summed E-state index contributed by atoms with van der Waals surface area (Å²) in [7, 11) is 0. The van der Waals surface area contributed by atoms with Gasteiger partial charge in [-0.1, -0.05) is 23.3 Å². The van der Waals surface area contributed by atoms with Crippen LogP contribution in [0.1, 0.15) is 73.6 Å². The van der Waals surface area contributed by atoms with E-state index in [2.05, 4.69) is 26.0 Å². The lowest BCUT2D eigenvalue weighted by Gasteiger charge is -2.29. The molecule has 0 rings (SSSR count). The average molecular weight is 336 g/mol.